The molecular formula is C3H3AlN4O9. The molecule has 0 rings (SSSR count). The maximum atomic E-state index is 8.25. The summed E-state index contributed by atoms with van der Waals surface area (Å²) in [6, 6.07) is 1.69. The van der Waals surface area contributed by atoms with Crippen LogP contribution in [0.3, 0.4) is 0 Å². The first-order chi connectivity index (χ1) is 7.11. The molecule has 0 saturated heterocycles. The fourth-order valence-corrected chi connectivity index (χ4v) is 0. The molecule has 0 aliphatic carbocycles. The molecule has 13 nitrogen and oxygen atoms in total. The average Bonchev–Trinajstić information content (AvgIpc) is 2.00. The largest absolute Gasteiger partial charge is 3.00 e. The van der Waals surface area contributed by atoms with Crippen molar-refractivity contribution >= 4 is 17.4 Å². The molecule has 17 heavy (non-hydrogen) atoms. The number of hydrogen-bond acceptors (Lipinski definition) is 10. The van der Waals surface area contributed by atoms with E-state index in [9.17, 15) is 0 Å². The molecule has 0 radical (unpaired) electrons. The minimum atomic E-state index is -1.75. The fraction of sp³-hybridized carbons (Fsp3) is 0. The summed E-state index contributed by atoms with van der Waals surface area (Å²) in [4.78, 5) is 24.8. The second kappa shape index (κ2) is 29.2. The second-order valence-electron chi connectivity index (χ2n) is 1.00. The van der Waals surface area contributed by atoms with Crippen LogP contribution in [0.15, 0.2) is 12.7 Å². The zero-order valence-corrected chi connectivity index (χ0v) is 8.98. The van der Waals surface area contributed by atoms with Gasteiger partial charge in [-0.25, -0.2) is 0 Å². The van der Waals surface area contributed by atoms with E-state index in [2.05, 4.69) is 6.58 Å². The Kier molecular flexibility index (Phi) is 50.3. The summed E-state index contributed by atoms with van der Waals surface area (Å²) in [7, 11) is 0. The molecule has 0 aromatic heterocycles. The van der Waals surface area contributed by atoms with Crippen LogP contribution in [0, 0.1) is 57.3 Å². The number of rotatable bonds is 0. The van der Waals surface area contributed by atoms with Crippen LogP contribution in [-0.2, 0) is 0 Å². The van der Waals surface area contributed by atoms with Gasteiger partial charge < -0.3 is 46.0 Å². The van der Waals surface area contributed by atoms with Crippen molar-refractivity contribution in [2.45, 2.75) is 0 Å². The van der Waals surface area contributed by atoms with Gasteiger partial charge in [-0.1, -0.05) is 6.58 Å². The third-order valence-corrected chi connectivity index (χ3v) is 0.0913. The zero-order valence-electron chi connectivity index (χ0n) is 7.82. The van der Waals surface area contributed by atoms with Gasteiger partial charge >= 0.3 is 17.4 Å². The topological polar surface area (TPSA) is 222 Å². The molecule has 0 heterocycles. The van der Waals surface area contributed by atoms with E-state index in [0.29, 0.717) is 0 Å². The first-order valence-corrected chi connectivity index (χ1v) is 2.56. The maximum absolute atomic E-state index is 8.25. The molecule has 0 fully saturated rings. The van der Waals surface area contributed by atoms with Gasteiger partial charge in [-0.15, -0.1) is 0 Å². The van der Waals surface area contributed by atoms with Crippen molar-refractivity contribution in [1.82, 2.24) is 0 Å². The number of nitrogens with zero attached hydrogens (tertiary/aromatic N) is 4. The van der Waals surface area contributed by atoms with Gasteiger partial charge in [-0.2, -0.15) is 5.26 Å². The van der Waals surface area contributed by atoms with Crippen LogP contribution < -0.4 is 0 Å². The van der Waals surface area contributed by atoms with E-state index in [-0.39, 0.29) is 17.4 Å². The Morgan fingerprint density at radius 1 is 0.882 bits per heavy atom. The molecule has 0 amide bonds. The van der Waals surface area contributed by atoms with E-state index in [1.165, 1.54) is 6.08 Å². The van der Waals surface area contributed by atoms with E-state index in [1.807, 2.05) is 0 Å². The van der Waals surface area contributed by atoms with Crippen molar-refractivity contribution in [3.8, 4) is 6.07 Å². The number of hydrogen-bond donors (Lipinski definition) is 0. The quantitative estimate of drug-likeness (QED) is 0.238. The van der Waals surface area contributed by atoms with Gasteiger partial charge in [0.2, 0.25) is 0 Å². The summed E-state index contributed by atoms with van der Waals surface area (Å²) < 4.78 is 0. The van der Waals surface area contributed by atoms with Gasteiger partial charge in [0.05, 0.1) is 21.3 Å². The van der Waals surface area contributed by atoms with E-state index < -0.39 is 15.3 Å². The predicted octanol–water partition coefficient (Wildman–Crippen LogP) is -0.402. The van der Waals surface area contributed by atoms with Gasteiger partial charge in [0, 0.05) is 6.08 Å². The number of allylic oxidation sites excluding steroid dienone is 1. The van der Waals surface area contributed by atoms with Gasteiger partial charge in [0.15, 0.2) is 0 Å². The Balaban J connectivity index is -0.0000000369. The standard InChI is InChI=1S/C3H3N.Al.3NO3/c1-2-3-4;;3*2-1(3)4/h2H,1H2;;;;/q;+3;3*-1. The Hall–Kier alpha value is -2.64. The van der Waals surface area contributed by atoms with E-state index >= 15 is 0 Å². The number of nitriles is 1. The minimum Gasteiger partial charge on any atom is -0.356 e. The van der Waals surface area contributed by atoms with Crippen LogP contribution in [0.5, 0.6) is 0 Å². The van der Waals surface area contributed by atoms with E-state index in [0.717, 1.165) is 0 Å². The summed E-state index contributed by atoms with van der Waals surface area (Å²) in [5, 5.41) is 51.8. The first-order valence-electron chi connectivity index (χ1n) is 2.56. The molecule has 0 aromatic rings. The van der Waals surface area contributed by atoms with Crippen molar-refractivity contribution in [2.75, 3.05) is 0 Å². The molecular weight excluding hydrogens is 263 g/mol. The predicted molar refractivity (Wildman–Crippen MR) is 52.6 cm³/mol. The molecule has 0 bridgehead atoms. The van der Waals surface area contributed by atoms with Crippen molar-refractivity contribution in [3.63, 3.8) is 0 Å². The SMILES string of the molecule is C=CC#N.O=[N+]([O-])[O-].O=[N+]([O-])[O-].O=[N+]([O-])[O-].[Al+3]. The van der Waals surface area contributed by atoms with Crippen molar-refractivity contribution < 1.29 is 15.3 Å². The van der Waals surface area contributed by atoms with Crippen LogP contribution in [0.4, 0.5) is 0 Å². The molecule has 0 spiro atoms. The average molecular weight is 266 g/mol. The van der Waals surface area contributed by atoms with Crippen LogP contribution >= 0.6 is 0 Å². The van der Waals surface area contributed by atoms with Gasteiger partial charge in [-0.3, -0.25) is 0 Å². The Labute approximate surface area is 103 Å². The van der Waals surface area contributed by atoms with Gasteiger partial charge in [0.25, 0.3) is 0 Å². The maximum Gasteiger partial charge on any atom is 3.00 e. The molecule has 0 saturated carbocycles. The van der Waals surface area contributed by atoms with Crippen molar-refractivity contribution in [2.24, 2.45) is 0 Å². The molecule has 0 aliphatic rings. The van der Waals surface area contributed by atoms with Gasteiger partial charge in [0.1, 0.15) is 0 Å². The summed E-state index contributed by atoms with van der Waals surface area (Å²) in [6.45, 7) is 3.12. The third kappa shape index (κ3) is 643. The smallest absolute Gasteiger partial charge is 0.356 e. The molecule has 0 aliphatic heterocycles. The Morgan fingerprint density at radius 2 is 0.941 bits per heavy atom. The summed E-state index contributed by atoms with van der Waals surface area (Å²) in [6.07, 6.45) is 1.18. The summed E-state index contributed by atoms with van der Waals surface area (Å²) >= 11 is 0. The molecule has 0 atom stereocenters. The monoisotopic (exact) mass is 266 g/mol. The molecule has 92 valence electrons. The van der Waals surface area contributed by atoms with Crippen molar-refractivity contribution in [3.05, 3.63) is 58.6 Å². The summed E-state index contributed by atoms with van der Waals surface area (Å²) in [5.41, 5.74) is 0. The molecule has 0 aromatic carbocycles. The van der Waals surface area contributed by atoms with Crippen LogP contribution in [0.25, 0.3) is 0 Å². The summed E-state index contributed by atoms with van der Waals surface area (Å²) in [5.74, 6) is 0. The Morgan fingerprint density at radius 3 is 0.941 bits per heavy atom. The van der Waals surface area contributed by atoms with Crippen LogP contribution in [-0.4, -0.2) is 32.6 Å². The zero-order chi connectivity index (χ0) is 14.1. The van der Waals surface area contributed by atoms with E-state index in [4.69, 9.17) is 51.2 Å². The normalized spacial score (nSPS) is 5.12. The molecule has 0 unspecified atom stereocenters. The molecule has 0 N–H and O–H groups in total. The fourth-order valence-electron chi connectivity index (χ4n) is 0. The van der Waals surface area contributed by atoms with Crippen LogP contribution in [0.2, 0.25) is 0 Å². The minimum absolute atomic E-state index is 0. The van der Waals surface area contributed by atoms with E-state index in [1.54, 1.807) is 6.07 Å². The van der Waals surface area contributed by atoms with Crippen LogP contribution in [0.1, 0.15) is 0 Å². The Bertz CT molecular complexity index is 221. The third-order valence-electron chi connectivity index (χ3n) is 0.0913. The first kappa shape index (κ1) is 29.3. The molecule has 14 heteroatoms. The van der Waals surface area contributed by atoms with Crippen molar-refractivity contribution in [1.29, 1.82) is 5.26 Å². The van der Waals surface area contributed by atoms with Gasteiger partial charge in [-0.05, 0) is 0 Å². The second-order valence-corrected chi connectivity index (χ2v) is 1.00.